The molecule has 0 saturated heterocycles. The van der Waals surface area contributed by atoms with E-state index in [4.69, 9.17) is 9.47 Å². The van der Waals surface area contributed by atoms with Gasteiger partial charge in [0.25, 0.3) is 11.8 Å². The Morgan fingerprint density at radius 3 is 2.43 bits per heavy atom. The highest BCUT2D eigenvalue weighted by Gasteiger charge is 2.08. The van der Waals surface area contributed by atoms with E-state index >= 15 is 0 Å². The number of carbonyl (C=O) groups is 2. The second kappa shape index (κ2) is 11.0. The van der Waals surface area contributed by atoms with Crippen LogP contribution >= 0.6 is 0 Å². The average Bonchev–Trinajstić information content (AvgIpc) is 2.71. The van der Waals surface area contributed by atoms with Gasteiger partial charge in [0, 0.05) is 18.7 Å². The minimum Gasteiger partial charge on any atom is -0.493 e. The Morgan fingerprint density at radius 2 is 1.75 bits per heavy atom. The maximum absolute atomic E-state index is 12.0. The van der Waals surface area contributed by atoms with Gasteiger partial charge in [0.1, 0.15) is 0 Å². The van der Waals surface area contributed by atoms with Gasteiger partial charge in [0.15, 0.2) is 18.1 Å². The molecule has 0 fully saturated rings. The fourth-order valence-corrected chi connectivity index (χ4v) is 2.54. The molecule has 2 aromatic carbocycles. The summed E-state index contributed by atoms with van der Waals surface area (Å²) >= 11 is 0. The Labute approximate surface area is 166 Å². The first-order chi connectivity index (χ1) is 13.5. The molecule has 0 bridgehead atoms. The van der Waals surface area contributed by atoms with Crippen LogP contribution in [0.2, 0.25) is 0 Å². The van der Waals surface area contributed by atoms with Crippen molar-refractivity contribution in [2.24, 2.45) is 0 Å². The number of methoxy groups -OCH3 is 1. The lowest BCUT2D eigenvalue weighted by molar-refractivity contribution is -0.123. The van der Waals surface area contributed by atoms with Gasteiger partial charge in [-0.25, -0.2) is 0 Å². The first-order valence-electron chi connectivity index (χ1n) is 9.44. The summed E-state index contributed by atoms with van der Waals surface area (Å²) in [6, 6.07) is 12.7. The highest BCUT2D eigenvalue weighted by molar-refractivity contribution is 5.94. The number of nitrogens with one attached hydrogen (secondary N) is 2. The molecule has 0 aliphatic heterocycles. The maximum Gasteiger partial charge on any atom is 0.258 e. The van der Waals surface area contributed by atoms with Gasteiger partial charge in [0.05, 0.1) is 7.11 Å². The van der Waals surface area contributed by atoms with Gasteiger partial charge in [-0.15, -0.1) is 0 Å². The van der Waals surface area contributed by atoms with E-state index in [2.05, 4.69) is 17.6 Å². The predicted molar refractivity (Wildman–Crippen MR) is 109 cm³/mol. The number of hydrogen-bond donors (Lipinski definition) is 2. The predicted octanol–water partition coefficient (Wildman–Crippen LogP) is 3.23. The number of amides is 2. The van der Waals surface area contributed by atoms with Crippen LogP contribution in [-0.2, 0) is 11.3 Å². The van der Waals surface area contributed by atoms with Crippen molar-refractivity contribution in [2.45, 2.75) is 33.2 Å². The lowest BCUT2D eigenvalue weighted by Crippen LogP contribution is -2.28. The maximum atomic E-state index is 12.0. The number of ether oxygens (including phenoxy) is 2. The molecule has 0 aromatic heterocycles. The summed E-state index contributed by atoms with van der Waals surface area (Å²) in [5, 5.41) is 5.68. The van der Waals surface area contributed by atoms with Crippen LogP contribution in [0.4, 0.5) is 0 Å². The third-order valence-corrected chi connectivity index (χ3v) is 4.20. The minimum absolute atomic E-state index is 0.0792. The van der Waals surface area contributed by atoms with Gasteiger partial charge >= 0.3 is 0 Å². The van der Waals surface area contributed by atoms with E-state index in [-0.39, 0.29) is 18.4 Å². The second-order valence-corrected chi connectivity index (χ2v) is 6.53. The summed E-state index contributed by atoms with van der Waals surface area (Å²) in [5.74, 6) is 0.816. The Hall–Kier alpha value is -3.02. The van der Waals surface area contributed by atoms with Crippen LogP contribution < -0.4 is 20.1 Å². The monoisotopic (exact) mass is 384 g/mol. The van der Waals surface area contributed by atoms with E-state index in [1.54, 1.807) is 25.3 Å². The van der Waals surface area contributed by atoms with Gasteiger partial charge < -0.3 is 20.1 Å². The standard InChI is InChI=1S/C22H28N2O4/c1-4-5-12-23-22(26)18-9-7-17(8-10-18)14-24-21(25)15-28-19-11-6-16(2)13-20(19)27-3/h6-11,13H,4-5,12,14-15H2,1-3H3,(H,23,26)(H,24,25). The summed E-state index contributed by atoms with van der Waals surface area (Å²) in [7, 11) is 1.56. The van der Waals surface area contributed by atoms with Crippen molar-refractivity contribution in [3.63, 3.8) is 0 Å². The molecule has 6 nitrogen and oxygen atoms in total. The zero-order valence-corrected chi connectivity index (χ0v) is 16.7. The highest BCUT2D eigenvalue weighted by atomic mass is 16.5. The minimum atomic E-state index is -0.232. The fourth-order valence-electron chi connectivity index (χ4n) is 2.54. The van der Waals surface area contributed by atoms with Crippen molar-refractivity contribution in [1.82, 2.24) is 10.6 Å². The Balaban J connectivity index is 1.79. The molecule has 0 spiro atoms. The number of carbonyl (C=O) groups excluding carboxylic acids is 2. The van der Waals surface area contributed by atoms with Crippen LogP contribution in [0.3, 0.4) is 0 Å². The Kier molecular flexibility index (Phi) is 8.34. The third kappa shape index (κ3) is 6.61. The van der Waals surface area contributed by atoms with Crippen molar-refractivity contribution < 1.29 is 19.1 Å². The third-order valence-electron chi connectivity index (χ3n) is 4.20. The normalized spacial score (nSPS) is 10.2. The number of rotatable bonds is 10. The van der Waals surface area contributed by atoms with Crippen molar-refractivity contribution >= 4 is 11.8 Å². The molecule has 0 saturated carbocycles. The molecule has 0 atom stereocenters. The van der Waals surface area contributed by atoms with Crippen LogP contribution in [0.1, 0.15) is 41.3 Å². The summed E-state index contributed by atoms with van der Waals surface area (Å²) in [5.41, 5.74) is 2.57. The molecule has 0 aliphatic rings. The van der Waals surface area contributed by atoms with Gasteiger partial charge in [-0.1, -0.05) is 31.5 Å². The van der Waals surface area contributed by atoms with E-state index in [0.29, 0.717) is 30.2 Å². The Bertz CT molecular complexity index is 788. The van der Waals surface area contributed by atoms with Crippen molar-refractivity contribution in [2.75, 3.05) is 20.3 Å². The van der Waals surface area contributed by atoms with Crippen LogP contribution in [0.25, 0.3) is 0 Å². The molecule has 0 aliphatic carbocycles. The Morgan fingerprint density at radius 1 is 1.00 bits per heavy atom. The lowest BCUT2D eigenvalue weighted by Gasteiger charge is -2.11. The highest BCUT2D eigenvalue weighted by Crippen LogP contribution is 2.27. The molecule has 2 N–H and O–H groups in total. The molecule has 2 amide bonds. The zero-order chi connectivity index (χ0) is 20.4. The molecule has 0 radical (unpaired) electrons. The molecule has 150 valence electrons. The van der Waals surface area contributed by atoms with Crippen LogP contribution in [0.15, 0.2) is 42.5 Å². The van der Waals surface area contributed by atoms with Crippen molar-refractivity contribution in [3.05, 3.63) is 59.2 Å². The first-order valence-corrected chi connectivity index (χ1v) is 9.44. The van der Waals surface area contributed by atoms with E-state index in [1.807, 2.05) is 31.2 Å². The molecule has 28 heavy (non-hydrogen) atoms. The van der Waals surface area contributed by atoms with Gasteiger partial charge in [-0.2, -0.15) is 0 Å². The van der Waals surface area contributed by atoms with Crippen LogP contribution in [-0.4, -0.2) is 32.1 Å². The van der Waals surface area contributed by atoms with E-state index in [1.165, 1.54) is 0 Å². The van der Waals surface area contributed by atoms with Crippen molar-refractivity contribution in [3.8, 4) is 11.5 Å². The quantitative estimate of drug-likeness (QED) is 0.617. The molecule has 6 heteroatoms. The van der Waals surface area contributed by atoms with Crippen LogP contribution in [0, 0.1) is 6.92 Å². The molecule has 2 aromatic rings. The molecular formula is C22H28N2O4. The second-order valence-electron chi connectivity index (χ2n) is 6.53. The number of unbranched alkanes of at least 4 members (excludes halogenated alkanes) is 1. The molecule has 0 heterocycles. The summed E-state index contributed by atoms with van der Waals surface area (Å²) in [4.78, 5) is 24.0. The molecule has 0 unspecified atom stereocenters. The van der Waals surface area contributed by atoms with Gasteiger partial charge in [-0.05, 0) is 48.7 Å². The SMILES string of the molecule is CCCCNC(=O)c1ccc(CNC(=O)COc2ccc(C)cc2OC)cc1. The van der Waals surface area contributed by atoms with Gasteiger partial charge in [-0.3, -0.25) is 9.59 Å². The molecular weight excluding hydrogens is 356 g/mol. The number of aryl methyl sites for hydroxylation is 1. The summed E-state index contributed by atoms with van der Waals surface area (Å²) < 4.78 is 10.8. The summed E-state index contributed by atoms with van der Waals surface area (Å²) in [6.07, 6.45) is 2.01. The number of benzene rings is 2. The largest absolute Gasteiger partial charge is 0.493 e. The smallest absolute Gasteiger partial charge is 0.258 e. The van der Waals surface area contributed by atoms with E-state index in [9.17, 15) is 9.59 Å². The number of hydrogen-bond acceptors (Lipinski definition) is 4. The van der Waals surface area contributed by atoms with E-state index in [0.717, 1.165) is 24.0 Å². The van der Waals surface area contributed by atoms with Gasteiger partial charge in [0.2, 0.25) is 0 Å². The average molecular weight is 384 g/mol. The van der Waals surface area contributed by atoms with Crippen LogP contribution in [0.5, 0.6) is 11.5 Å². The summed E-state index contributed by atoms with van der Waals surface area (Å²) in [6.45, 7) is 4.98. The first kappa shape index (κ1) is 21.3. The van der Waals surface area contributed by atoms with E-state index < -0.39 is 0 Å². The lowest BCUT2D eigenvalue weighted by atomic mass is 10.1. The fraction of sp³-hybridized carbons (Fsp3) is 0.364. The topological polar surface area (TPSA) is 76.7 Å². The van der Waals surface area contributed by atoms with Crippen molar-refractivity contribution in [1.29, 1.82) is 0 Å². The zero-order valence-electron chi connectivity index (χ0n) is 16.7. The molecule has 2 rings (SSSR count).